The van der Waals surface area contributed by atoms with Gasteiger partial charge in [-0.2, -0.15) is 0 Å². The second kappa shape index (κ2) is 5.92. The minimum atomic E-state index is 0.397. The van der Waals surface area contributed by atoms with Gasteiger partial charge in [-0.1, -0.05) is 85.8 Å². The highest BCUT2D eigenvalue weighted by molar-refractivity contribution is 5.63. The van der Waals surface area contributed by atoms with Gasteiger partial charge in [0.15, 0.2) is 0 Å². The van der Waals surface area contributed by atoms with E-state index in [4.69, 9.17) is 0 Å². The van der Waals surface area contributed by atoms with Crippen LogP contribution in [0.25, 0.3) is 0 Å². The van der Waals surface area contributed by atoms with E-state index >= 15 is 0 Å². The minimum absolute atomic E-state index is 0.397. The Morgan fingerprint density at radius 2 is 1.35 bits per heavy atom. The predicted octanol–water partition coefficient (Wildman–Crippen LogP) is 5.55. The lowest BCUT2D eigenvalue weighted by molar-refractivity contribution is 0.576. The van der Waals surface area contributed by atoms with Crippen molar-refractivity contribution in [1.82, 2.24) is 0 Å². The lowest BCUT2D eigenvalue weighted by Crippen LogP contribution is -2.25. The van der Waals surface area contributed by atoms with Gasteiger partial charge >= 0.3 is 0 Å². The summed E-state index contributed by atoms with van der Waals surface area (Å²) >= 11 is 0. The van der Waals surface area contributed by atoms with Gasteiger partial charge in [0.05, 0.1) is 6.04 Å². The summed E-state index contributed by atoms with van der Waals surface area (Å²) in [4.78, 5) is 2.56. The zero-order chi connectivity index (χ0) is 15.6. The summed E-state index contributed by atoms with van der Waals surface area (Å²) in [6.07, 6.45) is 0. The lowest BCUT2D eigenvalue weighted by Gasteiger charge is -2.30. The van der Waals surface area contributed by atoms with Gasteiger partial charge in [0, 0.05) is 18.2 Å². The number of rotatable bonds is 3. The number of benzene rings is 3. The molecule has 0 aliphatic carbocycles. The van der Waals surface area contributed by atoms with Crippen molar-refractivity contribution >= 4 is 5.69 Å². The van der Waals surface area contributed by atoms with E-state index in [9.17, 15) is 0 Å². The molecule has 3 aromatic carbocycles. The van der Waals surface area contributed by atoms with E-state index in [-0.39, 0.29) is 0 Å². The van der Waals surface area contributed by atoms with Crippen LogP contribution in [0.15, 0.2) is 84.9 Å². The number of anilines is 1. The maximum Gasteiger partial charge on any atom is 0.0612 e. The largest absolute Gasteiger partial charge is 0.359 e. The smallest absolute Gasteiger partial charge is 0.0612 e. The van der Waals surface area contributed by atoms with Crippen molar-refractivity contribution in [3.05, 3.63) is 102 Å². The molecular weight excluding hydrogens is 278 g/mol. The van der Waals surface area contributed by atoms with E-state index in [1.165, 1.54) is 22.4 Å². The third-order valence-electron chi connectivity index (χ3n) is 4.88. The monoisotopic (exact) mass is 299 g/mol. The third kappa shape index (κ3) is 2.53. The fourth-order valence-corrected chi connectivity index (χ4v) is 3.81. The van der Waals surface area contributed by atoms with Crippen LogP contribution in [0.5, 0.6) is 0 Å². The van der Waals surface area contributed by atoms with Gasteiger partial charge in [-0.05, 0) is 22.8 Å². The highest BCUT2D eigenvalue weighted by Crippen LogP contribution is 2.49. The Kier molecular flexibility index (Phi) is 3.63. The van der Waals surface area contributed by atoms with Gasteiger partial charge in [-0.15, -0.1) is 0 Å². The summed E-state index contributed by atoms with van der Waals surface area (Å²) in [5, 5.41) is 0. The first kappa shape index (κ1) is 14.1. The van der Waals surface area contributed by atoms with Crippen LogP contribution in [0, 0.1) is 0 Å². The van der Waals surface area contributed by atoms with Crippen molar-refractivity contribution in [1.29, 1.82) is 0 Å². The summed E-state index contributed by atoms with van der Waals surface area (Å²) in [6, 6.07) is 30.9. The van der Waals surface area contributed by atoms with Gasteiger partial charge in [0.25, 0.3) is 0 Å². The highest BCUT2D eigenvalue weighted by Gasteiger charge is 2.36. The third-order valence-corrected chi connectivity index (χ3v) is 4.88. The molecule has 0 saturated heterocycles. The number of hydrogen-bond acceptors (Lipinski definition) is 1. The van der Waals surface area contributed by atoms with Crippen LogP contribution in [0.2, 0.25) is 0 Å². The van der Waals surface area contributed by atoms with Crippen LogP contribution in [-0.2, 0) is 6.54 Å². The first-order valence-corrected chi connectivity index (χ1v) is 8.29. The van der Waals surface area contributed by atoms with Crippen LogP contribution < -0.4 is 4.90 Å². The zero-order valence-electron chi connectivity index (χ0n) is 13.4. The maximum absolute atomic E-state index is 2.56. The Balaban J connectivity index is 1.78. The van der Waals surface area contributed by atoms with Crippen LogP contribution in [0.3, 0.4) is 0 Å². The van der Waals surface area contributed by atoms with E-state index in [0.29, 0.717) is 12.0 Å². The molecule has 0 N–H and O–H groups in total. The normalized spacial score (nSPS) is 19.6. The molecule has 23 heavy (non-hydrogen) atoms. The summed E-state index contributed by atoms with van der Waals surface area (Å²) in [7, 11) is 0. The fourth-order valence-electron chi connectivity index (χ4n) is 3.81. The molecule has 0 unspecified atom stereocenters. The number of fused-ring (bicyclic) bond motifs is 1. The standard InChI is InChI=1S/C22H21N/c1-17-20-14-8-9-15-21(20)23(16-18-10-4-2-5-11-18)22(17)19-12-6-3-7-13-19/h2-15,17,22H,16H2,1H3/t17-,22+/m1/s1. The second-order valence-electron chi connectivity index (χ2n) is 6.32. The SMILES string of the molecule is C[C@@H]1c2ccccc2N(Cc2ccccc2)[C@@H]1c1ccccc1. The van der Waals surface area contributed by atoms with Gasteiger partial charge in [-0.3, -0.25) is 0 Å². The molecule has 0 saturated carbocycles. The molecule has 0 radical (unpaired) electrons. The van der Waals surface area contributed by atoms with E-state index in [1.54, 1.807) is 0 Å². The molecule has 2 atom stereocenters. The lowest BCUT2D eigenvalue weighted by atomic mass is 9.92. The van der Waals surface area contributed by atoms with Crippen molar-refractivity contribution in [2.24, 2.45) is 0 Å². The fraction of sp³-hybridized carbons (Fsp3) is 0.182. The molecular formula is C22H21N. The van der Waals surface area contributed by atoms with Crippen LogP contribution >= 0.6 is 0 Å². The van der Waals surface area contributed by atoms with E-state index < -0.39 is 0 Å². The van der Waals surface area contributed by atoms with E-state index in [2.05, 4.69) is 96.8 Å². The summed E-state index contributed by atoms with van der Waals surface area (Å²) in [5.74, 6) is 0.498. The summed E-state index contributed by atoms with van der Waals surface area (Å²) < 4.78 is 0. The van der Waals surface area contributed by atoms with E-state index in [0.717, 1.165) is 6.54 Å². The molecule has 3 aromatic rings. The van der Waals surface area contributed by atoms with Gasteiger partial charge in [-0.25, -0.2) is 0 Å². The van der Waals surface area contributed by atoms with Crippen molar-refractivity contribution in [2.45, 2.75) is 25.4 Å². The minimum Gasteiger partial charge on any atom is -0.359 e. The molecule has 1 aliphatic rings. The Bertz CT molecular complexity index is 779. The molecule has 4 rings (SSSR count). The number of para-hydroxylation sites is 1. The Labute approximate surface area is 138 Å². The molecule has 1 aliphatic heterocycles. The van der Waals surface area contributed by atoms with Gasteiger partial charge < -0.3 is 4.90 Å². The Morgan fingerprint density at radius 3 is 2.09 bits per heavy atom. The highest BCUT2D eigenvalue weighted by atomic mass is 15.2. The molecule has 1 heteroatoms. The number of hydrogen-bond donors (Lipinski definition) is 0. The first-order valence-electron chi connectivity index (χ1n) is 8.29. The average molecular weight is 299 g/mol. The molecule has 114 valence electrons. The molecule has 0 bridgehead atoms. The van der Waals surface area contributed by atoms with Crippen LogP contribution in [0.1, 0.15) is 35.6 Å². The predicted molar refractivity (Wildman–Crippen MR) is 96.7 cm³/mol. The Morgan fingerprint density at radius 1 is 0.739 bits per heavy atom. The molecule has 0 amide bonds. The molecule has 0 fully saturated rings. The maximum atomic E-state index is 2.56. The van der Waals surface area contributed by atoms with Crippen molar-refractivity contribution in [3.8, 4) is 0 Å². The van der Waals surface area contributed by atoms with E-state index in [1.807, 2.05) is 0 Å². The van der Waals surface area contributed by atoms with Crippen LogP contribution in [-0.4, -0.2) is 0 Å². The first-order chi connectivity index (χ1) is 11.3. The molecule has 0 spiro atoms. The van der Waals surface area contributed by atoms with Crippen LogP contribution in [0.4, 0.5) is 5.69 Å². The second-order valence-corrected chi connectivity index (χ2v) is 6.32. The van der Waals surface area contributed by atoms with Gasteiger partial charge in [0.2, 0.25) is 0 Å². The summed E-state index contributed by atoms with van der Waals surface area (Å²) in [6.45, 7) is 3.29. The molecule has 1 nitrogen and oxygen atoms in total. The van der Waals surface area contributed by atoms with Crippen molar-refractivity contribution < 1.29 is 0 Å². The molecule has 0 aromatic heterocycles. The topological polar surface area (TPSA) is 3.24 Å². The quantitative estimate of drug-likeness (QED) is 0.612. The molecule has 1 heterocycles. The van der Waals surface area contributed by atoms with Crippen molar-refractivity contribution in [2.75, 3.05) is 4.90 Å². The Hall–Kier alpha value is -2.54. The van der Waals surface area contributed by atoms with Crippen molar-refractivity contribution in [3.63, 3.8) is 0 Å². The van der Waals surface area contributed by atoms with Gasteiger partial charge in [0.1, 0.15) is 0 Å². The zero-order valence-corrected chi connectivity index (χ0v) is 13.4. The average Bonchev–Trinajstić information content (AvgIpc) is 2.89. The number of nitrogens with zero attached hydrogens (tertiary/aromatic N) is 1. The summed E-state index contributed by atoms with van der Waals surface area (Å²) in [5.41, 5.74) is 5.58.